The minimum absolute atomic E-state index is 0.226. The van der Waals surface area contributed by atoms with Gasteiger partial charge in [-0.25, -0.2) is 14.8 Å². The van der Waals surface area contributed by atoms with Crippen molar-refractivity contribution in [2.45, 2.75) is 45.8 Å². The maximum Gasteiger partial charge on any atom is 0.328 e. The molecule has 2 fully saturated rings. The number of nitrogens with zero attached hydrogens (tertiary/aromatic N) is 6. The molecular weight excluding hydrogens is 510 g/mol. The van der Waals surface area contributed by atoms with Crippen molar-refractivity contribution < 1.29 is 19.2 Å². The van der Waals surface area contributed by atoms with E-state index >= 15 is 0 Å². The van der Waals surface area contributed by atoms with Crippen LogP contribution in [0, 0.1) is 12.3 Å². The fourth-order valence-electron chi connectivity index (χ4n) is 5.79. The molecule has 11 heteroatoms. The molecule has 2 saturated heterocycles. The number of imide groups is 1. The Kier molecular flexibility index (Phi) is 6.35. The number of amides is 3. The number of carbonyl (C=O) groups is 2. The first-order chi connectivity index (χ1) is 19.1. The lowest BCUT2D eigenvalue weighted by molar-refractivity contribution is -0.129. The average molecular weight is 542 g/mol. The van der Waals surface area contributed by atoms with Crippen LogP contribution in [0.25, 0.3) is 22.4 Å². The Labute approximate surface area is 231 Å². The van der Waals surface area contributed by atoms with Crippen molar-refractivity contribution in [1.82, 2.24) is 30.3 Å². The molecule has 3 aromatic heterocycles. The number of hydrogen-bond donors (Lipinski definition) is 2. The number of fused-ring (bicyclic) bond motifs is 1. The molecule has 2 aliphatic heterocycles. The SMILES string of the molecule is Cc1nc2ccc(C3(O)CCN(Cc4ccc(-c5ncon5)cc4)CC3(C)C)nc2cc1N1CCC(=O)NC1=O. The second kappa shape index (κ2) is 9.76. The summed E-state index contributed by atoms with van der Waals surface area (Å²) in [5.41, 5.74) is 3.55. The van der Waals surface area contributed by atoms with E-state index in [4.69, 9.17) is 9.51 Å². The molecule has 40 heavy (non-hydrogen) atoms. The normalized spacial score (nSPS) is 21.6. The molecule has 0 radical (unpaired) electrons. The summed E-state index contributed by atoms with van der Waals surface area (Å²) < 4.78 is 4.84. The van der Waals surface area contributed by atoms with Crippen LogP contribution in [0.5, 0.6) is 0 Å². The number of aromatic nitrogens is 4. The zero-order valence-electron chi connectivity index (χ0n) is 22.7. The summed E-state index contributed by atoms with van der Waals surface area (Å²) in [6, 6.07) is 13.2. The Morgan fingerprint density at radius 3 is 2.55 bits per heavy atom. The van der Waals surface area contributed by atoms with Crippen molar-refractivity contribution in [3.63, 3.8) is 0 Å². The van der Waals surface area contributed by atoms with Gasteiger partial charge in [0.25, 0.3) is 0 Å². The smallest absolute Gasteiger partial charge is 0.328 e. The van der Waals surface area contributed by atoms with E-state index in [1.165, 1.54) is 11.3 Å². The van der Waals surface area contributed by atoms with Crippen LogP contribution in [0.1, 0.15) is 43.6 Å². The number of aliphatic hydroxyl groups is 1. The number of nitrogens with one attached hydrogen (secondary N) is 1. The van der Waals surface area contributed by atoms with Crippen molar-refractivity contribution in [2.75, 3.05) is 24.5 Å². The largest absolute Gasteiger partial charge is 0.383 e. The fraction of sp³-hybridized carbons (Fsp3) is 0.379. The lowest BCUT2D eigenvalue weighted by atomic mass is 9.68. The number of pyridine rings is 2. The van der Waals surface area contributed by atoms with Crippen molar-refractivity contribution in [1.29, 1.82) is 0 Å². The standard InChI is InChI=1S/C29H31N7O4/c1-18-23(36-12-10-25(37)33-27(36)38)14-22-21(31-18)8-9-24(32-22)29(39)11-13-35(16-28(29,2)3)15-19-4-6-20(7-5-19)26-30-17-40-34-26/h4-9,14,17,39H,10-13,15-16H2,1-3H3,(H,33,37,38). The van der Waals surface area contributed by atoms with Crippen molar-refractivity contribution in [3.05, 3.63) is 65.8 Å². The second-order valence-electron chi connectivity index (χ2n) is 11.2. The number of aryl methyl sites for hydroxylation is 1. The summed E-state index contributed by atoms with van der Waals surface area (Å²) in [5.74, 6) is 0.273. The van der Waals surface area contributed by atoms with Gasteiger partial charge < -0.3 is 9.63 Å². The number of urea groups is 1. The highest BCUT2D eigenvalue weighted by Gasteiger charge is 2.49. The van der Waals surface area contributed by atoms with Crippen LogP contribution in [-0.4, -0.2) is 61.7 Å². The van der Waals surface area contributed by atoms with Crippen molar-refractivity contribution in [3.8, 4) is 11.4 Å². The summed E-state index contributed by atoms with van der Waals surface area (Å²) in [6.07, 6.45) is 2.06. The average Bonchev–Trinajstić information content (AvgIpc) is 3.46. The molecule has 1 unspecified atom stereocenters. The zero-order chi connectivity index (χ0) is 28.1. The summed E-state index contributed by atoms with van der Waals surface area (Å²) in [4.78, 5) is 41.6. The van der Waals surface area contributed by atoms with Crippen molar-refractivity contribution in [2.24, 2.45) is 5.41 Å². The maximum atomic E-state index is 12.5. The molecule has 5 heterocycles. The molecule has 3 amide bonds. The molecule has 1 aromatic carbocycles. The number of piperidine rings is 1. The van der Waals surface area contributed by atoms with Gasteiger partial charge in [0.2, 0.25) is 18.1 Å². The van der Waals surface area contributed by atoms with Crippen molar-refractivity contribution >= 4 is 28.7 Å². The molecule has 1 atom stereocenters. The number of benzene rings is 1. The summed E-state index contributed by atoms with van der Waals surface area (Å²) in [6.45, 7) is 8.38. The highest BCUT2D eigenvalue weighted by molar-refractivity contribution is 6.06. The number of anilines is 1. The van der Waals surface area contributed by atoms with E-state index in [2.05, 4.69) is 51.3 Å². The Hall–Kier alpha value is -4.22. The Morgan fingerprint density at radius 2 is 1.85 bits per heavy atom. The van der Waals surface area contributed by atoms with E-state index in [0.717, 1.165) is 17.7 Å². The third-order valence-corrected chi connectivity index (χ3v) is 8.11. The predicted molar refractivity (Wildman–Crippen MR) is 147 cm³/mol. The lowest BCUT2D eigenvalue weighted by Crippen LogP contribution is -2.55. The van der Waals surface area contributed by atoms with Crippen LogP contribution in [-0.2, 0) is 16.9 Å². The summed E-state index contributed by atoms with van der Waals surface area (Å²) in [5, 5.41) is 18.3. The predicted octanol–water partition coefficient (Wildman–Crippen LogP) is 3.55. The minimum atomic E-state index is -1.15. The Morgan fingerprint density at radius 1 is 1.05 bits per heavy atom. The van der Waals surface area contributed by atoms with Crippen LogP contribution in [0.15, 0.2) is 53.4 Å². The second-order valence-corrected chi connectivity index (χ2v) is 11.2. The molecule has 0 saturated carbocycles. The van der Waals surface area contributed by atoms with Gasteiger partial charge in [-0.3, -0.25) is 19.9 Å². The van der Waals surface area contributed by atoms with Gasteiger partial charge in [0.15, 0.2) is 0 Å². The van der Waals surface area contributed by atoms with Crippen LogP contribution >= 0.6 is 0 Å². The topological polar surface area (TPSA) is 138 Å². The van der Waals surface area contributed by atoms with E-state index < -0.39 is 17.0 Å². The quantitative estimate of drug-likeness (QED) is 0.388. The minimum Gasteiger partial charge on any atom is -0.383 e. The van der Waals surface area contributed by atoms with Gasteiger partial charge in [0.1, 0.15) is 5.60 Å². The Balaban J connectivity index is 1.22. The first-order valence-electron chi connectivity index (χ1n) is 13.3. The van der Waals surface area contributed by atoms with Crippen LogP contribution in [0.3, 0.4) is 0 Å². The summed E-state index contributed by atoms with van der Waals surface area (Å²) >= 11 is 0. The van der Waals surface area contributed by atoms with E-state index in [1.54, 1.807) is 0 Å². The molecular formula is C29H31N7O4. The van der Waals surface area contributed by atoms with Gasteiger partial charge in [0.05, 0.1) is 28.1 Å². The molecule has 6 rings (SSSR count). The monoisotopic (exact) mass is 541 g/mol. The third-order valence-electron chi connectivity index (χ3n) is 8.11. The van der Waals surface area contributed by atoms with Gasteiger partial charge in [-0.2, -0.15) is 4.98 Å². The van der Waals surface area contributed by atoms with Crippen LogP contribution < -0.4 is 10.2 Å². The molecule has 0 spiro atoms. The molecule has 2 N–H and O–H groups in total. The summed E-state index contributed by atoms with van der Waals surface area (Å²) in [7, 11) is 0. The third kappa shape index (κ3) is 4.61. The molecule has 2 aliphatic rings. The Bertz CT molecular complexity index is 1590. The number of likely N-dealkylation sites (tertiary alicyclic amines) is 1. The van der Waals surface area contributed by atoms with E-state index in [-0.39, 0.29) is 18.9 Å². The lowest BCUT2D eigenvalue weighted by Gasteiger charge is -2.50. The number of hydrogen-bond acceptors (Lipinski definition) is 9. The molecule has 0 bridgehead atoms. The highest BCUT2D eigenvalue weighted by Crippen LogP contribution is 2.46. The fourth-order valence-corrected chi connectivity index (χ4v) is 5.79. The van der Waals surface area contributed by atoms with Gasteiger partial charge >= 0.3 is 6.03 Å². The van der Waals surface area contributed by atoms with E-state index in [9.17, 15) is 14.7 Å². The van der Waals surface area contributed by atoms with Gasteiger partial charge in [-0.1, -0.05) is 43.3 Å². The van der Waals surface area contributed by atoms with Crippen LogP contribution in [0.4, 0.5) is 10.5 Å². The molecule has 4 aromatic rings. The first kappa shape index (κ1) is 26.0. The highest BCUT2D eigenvalue weighted by atomic mass is 16.5. The van der Waals surface area contributed by atoms with E-state index in [0.29, 0.717) is 53.4 Å². The zero-order valence-corrected chi connectivity index (χ0v) is 22.7. The van der Waals surface area contributed by atoms with Crippen LogP contribution in [0.2, 0.25) is 0 Å². The first-order valence-corrected chi connectivity index (χ1v) is 13.3. The number of rotatable bonds is 5. The molecule has 206 valence electrons. The van der Waals surface area contributed by atoms with Gasteiger partial charge in [-0.05, 0) is 37.1 Å². The van der Waals surface area contributed by atoms with Gasteiger partial charge in [-0.15, -0.1) is 0 Å². The maximum absolute atomic E-state index is 12.5. The van der Waals surface area contributed by atoms with Gasteiger partial charge in [0, 0.05) is 43.6 Å². The molecule has 11 nitrogen and oxygen atoms in total. The van der Waals surface area contributed by atoms with E-state index in [1.807, 2.05) is 37.3 Å². The molecule has 0 aliphatic carbocycles. The number of carbonyl (C=O) groups excluding carboxylic acids is 2.